The molecule has 23 heavy (non-hydrogen) atoms. The Hall–Kier alpha value is -2.17. The zero-order valence-electron chi connectivity index (χ0n) is 14.4. The molecule has 0 spiro atoms. The second kappa shape index (κ2) is 8.46. The van der Waals surface area contributed by atoms with Crippen LogP contribution in [0.15, 0.2) is 34.3 Å². The minimum atomic E-state index is -0.318. The van der Waals surface area contributed by atoms with Crippen LogP contribution in [-0.2, 0) is 23.9 Å². The Morgan fingerprint density at radius 1 is 1.00 bits per heavy atom. The molecule has 5 heteroatoms. The average Bonchev–Trinajstić information content (AvgIpc) is 2.50. The Bertz CT molecular complexity index is 605. The van der Waals surface area contributed by atoms with Crippen LogP contribution in [0.25, 0.3) is 0 Å². The molecule has 1 aliphatic rings. The Kier molecular flexibility index (Phi) is 6.94. The fourth-order valence-corrected chi connectivity index (χ4v) is 2.43. The highest BCUT2D eigenvalue weighted by Gasteiger charge is 2.33. The fourth-order valence-electron chi connectivity index (χ4n) is 2.43. The molecule has 0 unspecified atom stereocenters. The molecular weight excluding hydrogens is 296 g/mol. The number of hydrogen-bond acceptors (Lipinski definition) is 5. The molecule has 0 aromatic rings. The van der Waals surface area contributed by atoms with Gasteiger partial charge in [-0.05, 0) is 40.0 Å². The summed E-state index contributed by atoms with van der Waals surface area (Å²) in [7, 11) is 2.69. The standard InChI is InChI=1S/C18H24O5/c1-11(7-6-8-12(2)19)9-10-14-13(3)15(20)17(22-4)18(23-5)16(14)21/h9H,6-8,10H2,1-5H3. The summed E-state index contributed by atoms with van der Waals surface area (Å²) in [6.07, 6.45) is 4.43. The Morgan fingerprint density at radius 3 is 2.09 bits per heavy atom. The molecule has 126 valence electrons. The zero-order chi connectivity index (χ0) is 17.6. The van der Waals surface area contributed by atoms with E-state index in [2.05, 4.69) is 0 Å². The van der Waals surface area contributed by atoms with E-state index in [4.69, 9.17) is 9.47 Å². The quantitative estimate of drug-likeness (QED) is 0.508. The second-order valence-corrected chi connectivity index (χ2v) is 5.64. The van der Waals surface area contributed by atoms with Crippen LogP contribution < -0.4 is 0 Å². The predicted octanol–water partition coefficient (Wildman–Crippen LogP) is 3.05. The number of ether oxygens (including phenoxy) is 2. The van der Waals surface area contributed by atoms with Gasteiger partial charge in [-0.1, -0.05) is 11.6 Å². The summed E-state index contributed by atoms with van der Waals surface area (Å²) in [5, 5.41) is 0. The van der Waals surface area contributed by atoms with E-state index in [1.54, 1.807) is 13.8 Å². The van der Waals surface area contributed by atoms with Gasteiger partial charge < -0.3 is 14.3 Å². The first-order valence-corrected chi connectivity index (χ1v) is 7.59. The number of rotatable bonds is 8. The molecule has 0 amide bonds. The number of ketones is 3. The van der Waals surface area contributed by atoms with Crippen molar-refractivity contribution in [1.29, 1.82) is 0 Å². The van der Waals surface area contributed by atoms with E-state index in [1.807, 2.05) is 13.0 Å². The highest BCUT2D eigenvalue weighted by atomic mass is 16.5. The summed E-state index contributed by atoms with van der Waals surface area (Å²) in [5.74, 6) is -0.538. The highest BCUT2D eigenvalue weighted by molar-refractivity contribution is 6.23. The number of carbonyl (C=O) groups excluding carboxylic acids is 3. The monoisotopic (exact) mass is 320 g/mol. The molecule has 0 N–H and O–H groups in total. The third-order valence-corrected chi connectivity index (χ3v) is 3.85. The molecular formula is C18H24O5. The lowest BCUT2D eigenvalue weighted by Crippen LogP contribution is -2.24. The van der Waals surface area contributed by atoms with E-state index in [1.165, 1.54) is 14.2 Å². The first kappa shape index (κ1) is 18.9. The third kappa shape index (κ3) is 4.65. The van der Waals surface area contributed by atoms with Gasteiger partial charge in [0.05, 0.1) is 14.2 Å². The molecule has 0 saturated carbocycles. The van der Waals surface area contributed by atoms with Crippen LogP contribution in [0.3, 0.4) is 0 Å². The van der Waals surface area contributed by atoms with Gasteiger partial charge in [0.15, 0.2) is 0 Å². The van der Waals surface area contributed by atoms with Crippen molar-refractivity contribution in [2.75, 3.05) is 14.2 Å². The molecule has 1 rings (SSSR count). The molecule has 0 atom stereocenters. The van der Waals surface area contributed by atoms with Gasteiger partial charge >= 0.3 is 0 Å². The van der Waals surface area contributed by atoms with Crippen LogP contribution in [0, 0.1) is 0 Å². The van der Waals surface area contributed by atoms with E-state index in [-0.39, 0.29) is 28.9 Å². The van der Waals surface area contributed by atoms with Crippen molar-refractivity contribution < 1.29 is 23.9 Å². The Labute approximate surface area is 137 Å². The van der Waals surface area contributed by atoms with Crippen LogP contribution in [-0.4, -0.2) is 31.6 Å². The zero-order valence-corrected chi connectivity index (χ0v) is 14.4. The lowest BCUT2D eigenvalue weighted by atomic mass is 9.90. The van der Waals surface area contributed by atoms with Crippen molar-refractivity contribution in [2.24, 2.45) is 0 Å². The van der Waals surface area contributed by atoms with Crippen molar-refractivity contribution in [3.05, 3.63) is 34.3 Å². The van der Waals surface area contributed by atoms with Crippen LogP contribution in [0.1, 0.15) is 46.5 Å². The minimum Gasteiger partial charge on any atom is -0.489 e. The maximum atomic E-state index is 12.5. The summed E-state index contributed by atoms with van der Waals surface area (Å²) in [6, 6.07) is 0. The predicted molar refractivity (Wildman–Crippen MR) is 86.7 cm³/mol. The van der Waals surface area contributed by atoms with E-state index >= 15 is 0 Å². The van der Waals surface area contributed by atoms with Crippen molar-refractivity contribution in [2.45, 2.75) is 46.5 Å². The van der Waals surface area contributed by atoms with Gasteiger partial charge in [-0.3, -0.25) is 9.59 Å². The molecule has 0 bridgehead atoms. The second-order valence-electron chi connectivity index (χ2n) is 5.64. The Morgan fingerprint density at radius 2 is 1.57 bits per heavy atom. The van der Waals surface area contributed by atoms with Gasteiger partial charge in [-0.25, -0.2) is 0 Å². The molecule has 0 fully saturated rings. The van der Waals surface area contributed by atoms with E-state index in [0.29, 0.717) is 24.0 Å². The molecule has 0 aliphatic heterocycles. The van der Waals surface area contributed by atoms with E-state index < -0.39 is 0 Å². The van der Waals surface area contributed by atoms with Crippen LogP contribution in [0.2, 0.25) is 0 Å². The molecule has 0 aromatic carbocycles. The first-order valence-electron chi connectivity index (χ1n) is 7.59. The van der Waals surface area contributed by atoms with Gasteiger partial charge in [0.25, 0.3) is 0 Å². The SMILES string of the molecule is COC1=C(OC)C(=O)C(CC=C(C)CCCC(C)=O)=C(C)C1=O. The molecule has 1 aliphatic carbocycles. The van der Waals surface area contributed by atoms with Crippen molar-refractivity contribution in [3.63, 3.8) is 0 Å². The number of allylic oxidation sites excluding steroid dienone is 4. The molecule has 0 radical (unpaired) electrons. The van der Waals surface area contributed by atoms with Crippen molar-refractivity contribution in [3.8, 4) is 0 Å². The van der Waals surface area contributed by atoms with Gasteiger partial charge in [0.1, 0.15) is 5.78 Å². The van der Waals surface area contributed by atoms with Crippen LogP contribution >= 0.6 is 0 Å². The average molecular weight is 320 g/mol. The molecule has 0 heterocycles. The van der Waals surface area contributed by atoms with Crippen LogP contribution in [0.5, 0.6) is 0 Å². The maximum Gasteiger partial charge on any atom is 0.228 e. The number of methoxy groups -OCH3 is 2. The normalized spacial score (nSPS) is 16.1. The maximum absolute atomic E-state index is 12.5. The van der Waals surface area contributed by atoms with Gasteiger partial charge in [-0.15, -0.1) is 0 Å². The van der Waals surface area contributed by atoms with Gasteiger partial charge in [0.2, 0.25) is 23.1 Å². The molecule has 0 saturated heterocycles. The summed E-state index contributed by atoms with van der Waals surface area (Å²) in [5.41, 5.74) is 1.91. The summed E-state index contributed by atoms with van der Waals surface area (Å²) in [6.45, 7) is 5.16. The summed E-state index contributed by atoms with van der Waals surface area (Å²) >= 11 is 0. The minimum absolute atomic E-state index is 0.0408. The smallest absolute Gasteiger partial charge is 0.228 e. The Balaban J connectivity index is 2.87. The van der Waals surface area contributed by atoms with E-state index in [9.17, 15) is 14.4 Å². The van der Waals surface area contributed by atoms with Crippen LogP contribution in [0.4, 0.5) is 0 Å². The summed E-state index contributed by atoms with van der Waals surface area (Å²) < 4.78 is 10.0. The first-order chi connectivity index (χ1) is 10.8. The van der Waals surface area contributed by atoms with Crippen molar-refractivity contribution in [1.82, 2.24) is 0 Å². The topological polar surface area (TPSA) is 69.7 Å². The molecule has 5 nitrogen and oxygen atoms in total. The molecule has 0 aromatic heterocycles. The fraction of sp³-hybridized carbons (Fsp3) is 0.500. The van der Waals surface area contributed by atoms with Gasteiger partial charge in [0, 0.05) is 17.6 Å². The van der Waals surface area contributed by atoms with E-state index in [0.717, 1.165) is 18.4 Å². The lowest BCUT2D eigenvalue weighted by molar-refractivity contribution is -0.121. The number of Topliss-reactive ketones (excluding diaryl/α,β-unsaturated/α-hetero) is 3. The number of hydrogen-bond donors (Lipinski definition) is 0. The highest BCUT2D eigenvalue weighted by Crippen LogP contribution is 2.28. The van der Waals surface area contributed by atoms with Gasteiger partial charge in [-0.2, -0.15) is 0 Å². The summed E-state index contributed by atoms with van der Waals surface area (Å²) in [4.78, 5) is 35.6. The lowest BCUT2D eigenvalue weighted by Gasteiger charge is -2.19. The largest absolute Gasteiger partial charge is 0.489 e. The van der Waals surface area contributed by atoms with Crippen molar-refractivity contribution >= 4 is 17.3 Å². The number of carbonyl (C=O) groups is 3. The third-order valence-electron chi connectivity index (χ3n) is 3.85.